The Balaban J connectivity index is 2.00. The maximum atomic E-state index is 10.4. The van der Waals surface area contributed by atoms with E-state index in [1.165, 1.54) is 10.6 Å². The third-order valence-corrected chi connectivity index (χ3v) is 4.14. The molecule has 19 heavy (non-hydrogen) atoms. The Bertz CT molecular complexity index is 679. The largest absolute Gasteiger partial charge is 0.506 e. The third kappa shape index (κ3) is 1.18. The fourth-order valence-electron chi connectivity index (χ4n) is 3.32. The maximum Gasteiger partial charge on any atom is 0.202 e. The molecule has 0 saturated carbocycles. The second-order valence-corrected chi connectivity index (χ2v) is 5.13. The Morgan fingerprint density at radius 1 is 0.895 bits per heavy atom. The van der Waals surface area contributed by atoms with E-state index in [2.05, 4.69) is 12.2 Å². The molecule has 0 aliphatic heterocycles. The highest BCUT2D eigenvalue weighted by atomic mass is 16.3. The molecule has 0 radical (unpaired) electrons. The van der Waals surface area contributed by atoms with Gasteiger partial charge in [0.15, 0.2) is 0 Å². The van der Waals surface area contributed by atoms with Crippen molar-refractivity contribution in [1.82, 2.24) is 4.57 Å². The number of aromatic nitrogens is 1. The van der Waals surface area contributed by atoms with Crippen molar-refractivity contribution in [2.45, 2.75) is 18.3 Å². The molecule has 4 heteroatoms. The van der Waals surface area contributed by atoms with E-state index in [4.69, 9.17) is 0 Å². The van der Waals surface area contributed by atoms with Gasteiger partial charge in [-0.05, 0) is 18.6 Å². The van der Waals surface area contributed by atoms with Crippen molar-refractivity contribution in [3.05, 3.63) is 47.5 Å². The van der Waals surface area contributed by atoms with E-state index in [1.54, 1.807) is 18.2 Å². The molecule has 4 nitrogen and oxygen atoms in total. The molecule has 4 rings (SSSR count). The van der Waals surface area contributed by atoms with Crippen molar-refractivity contribution in [1.29, 1.82) is 0 Å². The first-order chi connectivity index (χ1) is 9.18. The molecule has 2 bridgehead atoms. The summed E-state index contributed by atoms with van der Waals surface area (Å²) in [5.41, 5.74) is 1.99. The molecule has 3 N–H and O–H groups in total. The number of fused-ring (bicyclic) bond motifs is 5. The van der Waals surface area contributed by atoms with Crippen molar-refractivity contribution in [2.24, 2.45) is 0 Å². The molecule has 1 heterocycles. The predicted molar refractivity (Wildman–Crippen MR) is 70.0 cm³/mol. The van der Waals surface area contributed by atoms with Gasteiger partial charge in [-0.3, -0.25) is 0 Å². The number of hydrogen-bond donors (Lipinski definition) is 3. The summed E-state index contributed by atoms with van der Waals surface area (Å²) in [5, 5.41) is 30.7. The van der Waals surface area contributed by atoms with Crippen LogP contribution in [0.2, 0.25) is 0 Å². The fraction of sp³-hybridized carbons (Fsp3) is 0.200. The number of nitrogens with zero attached hydrogens (tertiary/aromatic N) is 1. The first kappa shape index (κ1) is 10.6. The molecule has 1 aromatic heterocycles. The number of benzene rings is 1. The van der Waals surface area contributed by atoms with Gasteiger partial charge in [0.05, 0.1) is 5.69 Å². The molecular weight excluding hydrogens is 242 g/mol. The van der Waals surface area contributed by atoms with Crippen LogP contribution in [0.1, 0.15) is 29.4 Å². The van der Waals surface area contributed by atoms with E-state index in [0.29, 0.717) is 5.69 Å². The zero-order valence-corrected chi connectivity index (χ0v) is 10.1. The minimum atomic E-state index is 0.0297. The molecule has 2 aliphatic carbocycles. The number of para-hydroxylation sites is 2. The summed E-state index contributed by atoms with van der Waals surface area (Å²) in [6, 6.07) is 6.66. The van der Waals surface area contributed by atoms with Gasteiger partial charge in [0.2, 0.25) is 11.8 Å². The van der Waals surface area contributed by atoms with Gasteiger partial charge in [-0.1, -0.05) is 24.3 Å². The van der Waals surface area contributed by atoms with Gasteiger partial charge in [0, 0.05) is 23.0 Å². The first-order valence-corrected chi connectivity index (χ1v) is 6.31. The van der Waals surface area contributed by atoms with Crippen LogP contribution in [0.15, 0.2) is 36.4 Å². The molecule has 2 aromatic rings. The average Bonchev–Trinajstić information content (AvgIpc) is 3.06. The summed E-state index contributed by atoms with van der Waals surface area (Å²) in [6.07, 6.45) is 5.07. The Hall–Kier alpha value is -2.36. The van der Waals surface area contributed by atoms with Crippen LogP contribution in [-0.2, 0) is 0 Å². The van der Waals surface area contributed by atoms with E-state index in [0.717, 1.165) is 17.5 Å². The normalized spacial score (nSPS) is 22.9. The smallest absolute Gasteiger partial charge is 0.202 e. The molecule has 0 spiro atoms. The number of aromatic hydroxyl groups is 3. The zero-order chi connectivity index (χ0) is 13.1. The van der Waals surface area contributed by atoms with Gasteiger partial charge in [0.25, 0.3) is 0 Å². The average molecular weight is 255 g/mol. The highest BCUT2D eigenvalue weighted by molar-refractivity contribution is 5.63. The maximum absolute atomic E-state index is 10.4. The molecule has 2 unspecified atom stereocenters. The van der Waals surface area contributed by atoms with E-state index >= 15 is 0 Å². The Morgan fingerprint density at radius 3 is 2.05 bits per heavy atom. The van der Waals surface area contributed by atoms with E-state index in [-0.39, 0.29) is 29.3 Å². The van der Waals surface area contributed by atoms with Crippen LogP contribution < -0.4 is 0 Å². The van der Waals surface area contributed by atoms with Crippen molar-refractivity contribution < 1.29 is 15.3 Å². The lowest BCUT2D eigenvalue weighted by Crippen LogP contribution is -1.95. The Labute approximate surface area is 109 Å². The summed E-state index contributed by atoms with van der Waals surface area (Å²) in [7, 11) is 0. The standard InChI is InChI=1S/C15H13NO3/c17-11-4-2-1-3-10(11)16-14(18)12-8-5-6-9(7-8)13(12)15(16)19/h1-6,8-9,17-19H,7H2. The van der Waals surface area contributed by atoms with Crippen LogP contribution in [-0.4, -0.2) is 19.9 Å². The van der Waals surface area contributed by atoms with Gasteiger partial charge in [-0.25, -0.2) is 4.57 Å². The minimum Gasteiger partial charge on any atom is -0.506 e. The quantitative estimate of drug-likeness (QED) is 0.686. The summed E-state index contributed by atoms with van der Waals surface area (Å²) in [4.78, 5) is 0. The van der Waals surface area contributed by atoms with Crippen molar-refractivity contribution in [3.63, 3.8) is 0 Å². The molecule has 0 saturated heterocycles. The summed E-state index contributed by atoms with van der Waals surface area (Å²) in [5.74, 6) is 0.454. The lowest BCUT2D eigenvalue weighted by Gasteiger charge is -2.11. The van der Waals surface area contributed by atoms with Gasteiger partial charge in [-0.2, -0.15) is 0 Å². The topological polar surface area (TPSA) is 65.6 Å². The van der Waals surface area contributed by atoms with Crippen LogP contribution in [0.3, 0.4) is 0 Å². The monoisotopic (exact) mass is 255 g/mol. The SMILES string of the molecule is Oc1ccccc1-n1c(O)c2c(c1O)C1C=CC2C1. The highest BCUT2D eigenvalue weighted by Gasteiger charge is 2.41. The third-order valence-electron chi connectivity index (χ3n) is 4.14. The Morgan fingerprint density at radius 2 is 1.47 bits per heavy atom. The van der Waals surface area contributed by atoms with Crippen LogP contribution >= 0.6 is 0 Å². The number of allylic oxidation sites excluding steroid dienone is 2. The van der Waals surface area contributed by atoms with Crippen LogP contribution in [0.25, 0.3) is 5.69 Å². The number of phenolic OH excluding ortho intramolecular Hbond substituents is 1. The van der Waals surface area contributed by atoms with Gasteiger partial charge in [-0.15, -0.1) is 0 Å². The van der Waals surface area contributed by atoms with Crippen LogP contribution in [0.4, 0.5) is 0 Å². The molecule has 96 valence electrons. The van der Waals surface area contributed by atoms with Gasteiger partial charge < -0.3 is 15.3 Å². The second kappa shape index (κ2) is 3.35. The van der Waals surface area contributed by atoms with Crippen molar-refractivity contribution >= 4 is 0 Å². The molecule has 0 fully saturated rings. The number of phenols is 1. The summed E-state index contributed by atoms with van der Waals surface area (Å²) in [6.45, 7) is 0. The van der Waals surface area contributed by atoms with E-state index < -0.39 is 0 Å². The molecule has 2 aliphatic rings. The Kier molecular flexibility index (Phi) is 1.86. The lowest BCUT2D eigenvalue weighted by molar-refractivity contribution is 0.389. The zero-order valence-electron chi connectivity index (χ0n) is 10.1. The van der Waals surface area contributed by atoms with E-state index in [9.17, 15) is 15.3 Å². The minimum absolute atomic E-state index is 0.0297. The molecule has 0 amide bonds. The van der Waals surface area contributed by atoms with Gasteiger partial charge >= 0.3 is 0 Å². The fourth-order valence-corrected chi connectivity index (χ4v) is 3.32. The predicted octanol–water partition coefficient (Wildman–Crippen LogP) is 2.73. The van der Waals surface area contributed by atoms with Gasteiger partial charge in [0.1, 0.15) is 5.75 Å². The lowest BCUT2D eigenvalue weighted by atomic mass is 10.0. The van der Waals surface area contributed by atoms with Crippen molar-refractivity contribution in [3.8, 4) is 23.2 Å². The summed E-state index contributed by atoms with van der Waals surface area (Å²) >= 11 is 0. The molecule has 1 aromatic carbocycles. The van der Waals surface area contributed by atoms with E-state index in [1.807, 2.05) is 0 Å². The molecular formula is C15H13NO3. The van der Waals surface area contributed by atoms with Crippen molar-refractivity contribution in [2.75, 3.05) is 0 Å². The van der Waals surface area contributed by atoms with Crippen LogP contribution in [0, 0.1) is 0 Å². The highest BCUT2D eigenvalue weighted by Crippen LogP contribution is 2.57. The number of hydrogen-bond acceptors (Lipinski definition) is 3. The summed E-state index contributed by atoms with van der Waals surface area (Å²) < 4.78 is 1.33. The molecule has 2 atom stereocenters. The first-order valence-electron chi connectivity index (χ1n) is 6.31. The van der Waals surface area contributed by atoms with Crippen LogP contribution in [0.5, 0.6) is 17.5 Å². The second-order valence-electron chi connectivity index (χ2n) is 5.13. The number of rotatable bonds is 1.